The van der Waals surface area contributed by atoms with Crippen LogP contribution in [0.3, 0.4) is 0 Å². The minimum absolute atomic E-state index is 0.182. The summed E-state index contributed by atoms with van der Waals surface area (Å²) in [6, 6.07) is 6.98. The Balaban J connectivity index is 1.79. The standard InChI is InChI=1S/C15H17F2N3O/c1-11(20-13-8-18-10-19-9-13)2-3-12-4-6-14(7-5-12)21-15(16)17/h4-11,15,20H,2-3H2,1H3. The Kier molecular flexibility index (Phi) is 5.43. The molecule has 0 saturated heterocycles. The Bertz CT molecular complexity index is 534. The average molecular weight is 293 g/mol. The maximum Gasteiger partial charge on any atom is 0.387 e. The number of nitrogens with one attached hydrogen (secondary N) is 1. The molecule has 1 atom stereocenters. The van der Waals surface area contributed by atoms with Crippen molar-refractivity contribution in [1.29, 1.82) is 0 Å². The number of aryl methyl sites for hydroxylation is 1. The monoisotopic (exact) mass is 293 g/mol. The molecule has 4 nitrogen and oxygen atoms in total. The summed E-state index contributed by atoms with van der Waals surface area (Å²) in [5, 5.41) is 3.30. The van der Waals surface area contributed by atoms with Gasteiger partial charge in [0.05, 0.1) is 18.1 Å². The molecule has 1 N–H and O–H groups in total. The molecule has 1 unspecified atom stereocenters. The highest BCUT2D eigenvalue weighted by atomic mass is 19.3. The summed E-state index contributed by atoms with van der Waals surface area (Å²) in [6.45, 7) is -0.713. The van der Waals surface area contributed by atoms with Gasteiger partial charge in [0.15, 0.2) is 0 Å². The number of ether oxygens (including phenoxy) is 1. The van der Waals surface area contributed by atoms with Crippen LogP contribution < -0.4 is 10.1 Å². The number of alkyl halides is 2. The Hall–Kier alpha value is -2.24. The van der Waals surface area contributed by atoms with E-state index in [2.05, 4.69) is 26.9 Å². The summed E-state index contributed by atoms with van der Waals surface area (Å²) in [6.07, 6.45) is 6.68. The lowest BCUT2D eigenvalue weighted by molar-refractivity contribution is -0.0498. The fourth-order valence-corrected chi connectivity index (χ4v) is 1.95. The molecule has 21 heavy (non-hydrogen) atoms. The molecule has 0 aliphatic heterocycles. The minimum atomic E-state index is -2.78. The summed E-state index contributed by atoms with van der Waals surface area (Å²) in [5.41, 5.74) is 1.96. The van der Waals surface area contributed by atoms with Gasteiger partial charge in [0.2, 0.25) is 0 Å². The lowest BCUT2D eigenvalue weighted by atomic mass is 10.1. The number of benzene rings is 1. The first kappa shape index (κ1) is 15.2. The Morgan fingerprint density at radius 2 is 1.81 bits per heavy atom. The molecule has 1 aromatic carbocycles. The molecule has 0 spiro atoms. The second-order valence-electron chi connectivity index (χ2n) is 4.73. The van der Waals surface area contributed by atoms with Gasteiger partial charge in [-0.25, -0.2) is 9.97 Å². The summed E-state index contributed by atoms with van der Waals surface area (Å²) in [4.78, 5) is 7.88. The van der Waals surface area contributed by atoms with Gasteiger partial charge >= 0.3 is 6.61 Å². The predicted octanol–water partition coefficient (Wildman–Crippen LogP) is 3.51. The van der Waals surface area contributed by atoms with E-state index in [9.17, 15) is 8.78 Å². The topological polar surface area (TPSA) is 47.0 Å². The smallest absolute Gasteiger partial charge is 0.387 e. The molecule has 2 aromatic rings. The zero-order valence-electron chi connectivity index (χ0n) is 11.7. The van der Waals surface area contributed by atoms with Crippen molar-refractivity contribution in [2.24, 2.45) is 0 Å². The van der Waals surface area contributed by atoms with E-state index < -0.39 is 6.61 Å². The first-order valence-corrected chi connectivity index (χ1v) is 6.69. The Labute approximate surface area is 122 Å². The van der Waals surface area contributed by atoms with Crippen molar-refractivity contribution in [1.82, 2.24) is 9.97 Å². The van der Waals surface area contributed by atoms with Crippen LogP contribution in [-0.4, -0.2) is 22.6 Å². The third-order valence-electron chi connectivity index (χ3n) is 2.99. The highest BCUT2D eigenvalue weighted by molar-refractivity contribution is 5.38. The molecule has 0 saturated carbocycles. The molecule has 112 valence electrons. The van der Waals surface area contributed by atoms with E-state index in [-0.39, 0.29) is 11.8 Å². The fraction of sp³-hybridized carbons (Fsp3) is 0.333. The van der Waals surface area contributed by atoms with Gasteiger partial charge in [0.1, 0.15) is 12.1 Å². The lowest BCUT2D eigenvalue weighted by Crippen LogP contribution is -2.16. The first-order chi connectivity index (χ1) is 10.1. The molecule has 0 fully saturated rings. The zero-order chi connectivity index (χ0) is 15.1. The number of halogens is 2. The molecule has 6 heteroatoms. The van der Waals surface area contributed by atoms with Crippen LogP contribution in [0, 0.1) is 0 Å². The third-order valence-corrected chi connectivity index (χ3v) is 2.99. The van der Waals surface area contributed by atoms with Crippen molar-refractivity contribution in [2.45, 2.75) is 32.4 Å². The van der Waals surface area contributed by atoms with Gasteiger partial charge in [-0.1, -0.05) is 12.1 Å². The van der Waals surface area contributed by atoms with E-state index in [1.807, 2.05) is 0 Å². The lowest BCUT2D eigenvalue weighted by Gasteiger charge is -2.14. The highest BCUT2D eigenvalue weighted by Gasteiger charge is 2.05. The van der Waals surface area contributed by atoms with Crippen LogP contribution in [0.25, 0.3) is 0 Å². The van der Waals surface area contributed by atoms with E-state index in [0.717, 1.165) is 24.1 Å². The molecule has 0 amide bonds. The van der Waals surface area contributed by atoms with Gasteiger partial charge in [-0.05, 0) is 37.5 Å². The predicted molar refractivity (Wildman–Crippen MR) is 76.5 cm³/mol. The van der Waals surface area contributed by atoms with Crippen molar-refractivity contribution in [3.8, 4) is 5.75 Å². The summed E-state index contributed by atoms with van der Waals surface area (Å²) < 4.78 is 28.4. The number of anilines is 1. The molecule has 1 aromatic heterocycles. The average Bonchev–Trinajstić information content (AvgIpc) is 2.47. The number of hydrogen-bond acceptors (Lipinski definition) is 4. The number of rotatable bonds is 7. The van der Waals surface area contributed by atoms with Crippen molar-refractivity contribution in [3.63, 3.8) is 0 Å². The molecule has 1 heterocycles. The molecular formula is C15H17F2N3O. The molecular weight excluding hydrogens is 276 g/mol. The number of hydrogen-bond donors (Lipinski definition) is 1. The van der Waals surface area contributed by atoms with Gasteiger partial charge in [0, 0.05) is 6.04 Å². The van der Waals surface area contributed by atoms with Gasteiger partial charge < -0.3 is 10.1 Å². The van der Waals surface area contributed by atoms with Gasteiger partial charge in [0.25, 0.3) is 0 Å². The van der Waals surface area contributed by atoms with Crippen LogP contribution in [-0.2, 0) is 6.42 Å². The zero-order valence-corrected chi connectivity index (χ0v) is 11.7. The summed E-state index contributed by atoms with van der Waals surface area (Å²) >= 11 is 0. The van der Waals surface area contributed by atoms with Crippen molar-refractivity contribution in [3.05, 3.63) is 48.5 Å². The molecule has 0 radical (unpaired) electrons. The summed E-state index contributed by atoms with van der Waals surface area (Å²) in [5.74, 6) is 0.182. The van der Waals surface area contributed by atoms with Crippen LogP contribution in [0.15, 0.2) is 43.0 Å². The first-order valence-electron chi connectivity index (χ1n) is 6.69. The van der Waals surface area contributed by atoms with E-state index in [0.29, 0.717) is 0 Å². The molecule has 0 aliphatic rings. The van der Waals surface area contributed by atoms with Crippen LogP contribution in [0.1, 0.15) is 18.9 Å². The largest absolute Gasteiger partial charge is 0.435 e. The molecule has 2 rings (SSSR count). The second-order valence-corrected chi connectivity index (χ2v) is 4.73. The van der Waals surface area contributed by atoms with Gasteiger partial charge in [-0.2, -0.15) is 8.78 Å². The van der Waals surface area contributed by atoms with Crippen LogP contribution in [0.2, 0.25) is 0 Å². The number of nitrogens with zero attached hydrogens (tertiary/aromatic N) is 2. The van der Waals surface area contributed by atoms with Crippen molar-refractivity contribution in [2.75, 3.05) is 5.32 Å². The van der Waals surface area contributed by atoms with Crippen LogP contribution in [0.4, 0.5) is 14.5 Å². The molecule has 0 aliphatic carbocycles. The normalized spacial score (nSPS) is 12.2. The third kappa shape index (κ3) is 5.33. The van der Waals surface area contributed by atoms with Crippen molar-refractivity contribution >= 4 is 5.69 Å². The Morgan fingerprint density at radius 1 is 1.14 bits per heavy atom. The number of aromatic nitrogens is 2. The maximum absolute atomic E-state index is 12.0. The van der Waals surface area contributed by atoms with Gasteiger partial charge in [-0.15, -0.1) is 0 Å². The van der Waals surface area contributed by atoms with E-state index in [1.54, 1.807) is 36.7 Å². The Morgan fingerprint density at radius 3 is 2.43 bits per heavy atom. The maximum atomic E-state index is 12.0. The molecule has 0 bridgehead atoms. The fourth-order valence-electron chi connectivity index (χ4n) is 1.95. The summed E-state index contributed by atoms with van der Waals surface area (Å²) in [7, 11) is 0. The van der Waals surface area contributed by atoms with E-state index in [4.69, 9.17) is 0 Å². The van der Waals surface area contributed by atoms with Crippen LogP contribution >= 0.6 is 0 Å². The van der Waals surface area contributed by atoms with Crippen molar-refractivity contribution < 1.29 is 13.5 Å². The van der Waals surface area contributed by atoms with E-state index in [1.165, 1.54) is 6.33 Å². The van der Waals surface area contributed by atoms with Crippen LogP contribution in [0.5, 0.6) is 5.75 Å². The van der Waals surface area contributed by atoms with Gasteiger partial charge in [-0.3, -0.25) is 0 Å². The quantitative estimate of drug-likeness (QED) is 0.848. The second kappa shape index (κ2) is 7.52. The van der Waals surface area contributed by atoms with E-state index >= 15 is 0 Å². The minimum Gasteiger partial charge on any atom is -0.435 e. The highest BCUT2D eigenvalue weighted by Crippen LogP contribution is 2.16. The SMILES string of the molecule is CC(CCc1ccc(OC(F)F)cc1)Nc1cncnc1.